The van der Waals surface area contributed by atoms with Gasteiger partial charge in [-0.3, -0.25) is 14.0 Å². The number of nitrogens with zero attached hydrogens (tertiary/aromatic N) is 4. The van der Waals surface area contributed by atoms with Crippen molar-refractivity contribution < 1.29 is 23.6 Å². The predicted octanol–water partition coefficient (Wildman–Crippen LogP) is 3.16. The first-order valence-electron chi connectivity index (χ1n) is 11.5. The molecule has 5 rings (SSSR count). The topological polar surface area (TPSA) is 135 Å². The molecule has 1 aromatic carbocycles. The van der Waals surface area contributed by atoms with Crippen molar-refractivity contribution in [3.05, 3.63) is 65.4 Å². The van der Waals surface area contributed by atoms with Gasteiger partial charge in [0.15, 0.2) is 0 Å². The van der Waals surface area contributed by atoms with Crippen LogP contribution in [0.1, 0.15) is 53.7 Å². The summed E-state index contributed by atoms with van der Waals surface area (Å²) < 4.78 is 20.1. The lowest BCUT2D eigenvalue weighted by Crippen LogP contribution is -2.41. The molecule has 4 aromatic rings. The Bertz CT molecular complexity index is 1470. The van der Waals surface area contributed by atoms with E-state index < -0.39 is 17.7 Å². The minimum absolute atomic E-state index is 0.213. The quantitative estimate of drug-likeness (QED) is 0.361. The van der Waals surface area contributed by atoms with Crippen LogP contribution in [0, 0.1) is 6.92 Å². The number of aryl methyl sites for hydroxylation is 1. The van der Waals surface area contributed by atoms with Gasteiger partial charge in [0, 0.05) is 24.0 Å². The maximum atomic E-state index is 13.3. The van der Waals surface area contributed by atoms with Crippen molar-refractivity contribution in [3.63, 3.8) is 0 Å². The second-order valence-corrected chi connectivity index (χ2v) is 9.45. The molecule has 0 spiro atoms. The number of alkyl halides is 1. The van der Waals surface area contributed by atoms with Gasteiger partial charge in [-0.2, -0.15) is 4.98 Å². The van der Waals surface area contributed by atoms with Gasteiger partial charge >= 0.3 is 0 Å². The summed E-state index contributed by atoms with van der Waals surface area (Å²) in [6.45, 7) is 4.90. The number of imidazole rings is 1. The zero-order valence-electron chi connectivity index (χ0n) is 19.9. The van der Waals surface area contributed by atoms with Gasteiger partial charge in [-0.15, -0.1) is 0 Å². The SMILES string of the molecule is Cc1ccc(-c2noc([C@H]3C[C@@H]3F)n2)cc1NC(=O)c1cnc2cc(CNC(=O)C(C)(C)O)ccn12. The fraction of sp³-hybridized carbons (Fsp3) is 0.320. The van der Waals surface area contributed by atoms with Crippen molar-refractivity contribution in [3.8, 4) is 11.4 Å². The predicted molar refractivity (Wildman–Crippen MR) is 128 cm³/mol. The van der Waals surface area contributed by atoms with Crippen LogP contribution >= 0.6 is 0 Å². The van der Waals surface area contributed by atoms with E-state index in [1.165, 1.54) is 20.0 Å². The maximum absolute atomic E-state index is 13.3. The number of aromatic nitrogens is 4. The molecule has 2 amide bonds. The monoisotopic (exact) mass is 492 g/mol. The highest BCUT2D eigenvalue weighted by atomic mass is 19.1. The lowest BCUT2D eigenvalue weighted by Gasteiger charge is -2.16. The molecule has 0 radical (unpaired) electrons. The van der Waals surface area contributed by atoms with Gasteiger partial charge in [0.05, 0.1) is 12.1 Å². The van der Waals surface area contributed by atoms with Crippen LogP contribution in [-0.4, -0.2) is 48.2 Å². The Kier molecular flexibility index (Phi) is 5.79. The van der Waals surface area contributed by atoms with Gasteiger partial charge < -0.3 is 20.3 Å². The first-order valence-corrected chi connectivity index (χ1v) is 11.5. The van der Waals surface area contributed by atoms with Crippen LogP contribution in [0.15, 0.2) is 47.2 Å². The van der Waals surface area contributed by atoms with E-state index in [1.807, 2.05) is 19.1 Å². The Balaban J connectivity index is 1.32. The normalized spacial score (nSPS) is 17.2. The molecule has 3 aromatic heterocycles. The fourth-order valence-corrected chi connectivity index (χ4v) is 3.70. The number of anilines is 1. The Morgan fingerprint density at radius 1 is 1.28 bits per heavy atom. The van der Waals surface area contributed by atoms with E-state index in [2.05, 4.69) is 25.8 Å². The molecule has 0 aliphatic heterocycles. The number of rotatable bonds is 7. The van der Waals surface area contributed by atoms with Crippen molar-refractivity contribution >= 4 is 23.1 Å². The van der Waals surface area contributed by atoms with Crippen molar-refractivity contribution in [2.24, 2.45) is 0 Å². The van der Waals surface area contributed by atoms with E-state index >= 15 is 0 Å². The molecular weight excluding hydrogens is 467 g/mol. The first-order chi connectivity index (χ1) is 17.1. The van der Waals surface area contributed by atoms with E-state index in [0.29, 0.717) is 34.8 Å². The highest BCUT2D eigenvalue weighted by Gasteiger charge is 2.43. The maximum Gasteiger partial charge on any atom is 0.274 e. The number of aliphatic hydroxyl groups is 1. The van der Waals surface area contributed by atoms with E-state index in [0.717, 1.165) is 11.1 Å². The molecule has 11 heteroatoms. The summed E-state index contributed by atoms with van der Waals surface area (Å²) in [5, 5.41) is 19.3. The third kappa shape index (κ3) is 4.69. The molecule has 10 nitrogen and oxygen atoms in total. The van der Waals surface area contributed by atoms with Crippen LogP contribution in [-0.2, 0) is 11.3 Å². The molecule has 0 unspecified atom stereocenters. The summed E-state index contributed by atoms with van der Waals surface area (Å²) in [6.07, 6.45) is 2.63. The Morgan fingerprint density at radius 3 is 2.78 bits per heavy atom. The van der Waals surface area contributed by atoms with Crippen LogP contribution in [0.25, 0.3) is 17.0 Å². The molecule has 1 saturated carbocycles. The van der Waals surface area contributed by atoms with Gasteiger partial charge in [0.2, 0.25) is 11.7 Å². The number of carbonyl (C=O) groups is 2. The van der Waals surface area contributed by atoms with Crippen LogP contribution < -0.4 is 10.6 Å². The third-order valence-corrected chi connectivity index (χ3v) is 6.03. The number of nitrogens with one attached hydrogen (secondary N) is 2. The van der Waals surface area contributed by atoms with Gasteiger partial charge in [-0.25, -0.2) is 9.37 Å². The standard InChI is InChI=1S/C25H25FN6O4/c1-13-4-5-15(21-30-23(36-31-21)16-10-17(16)26)9-18(13)29-22(33)19-12-27-20-8-14(6-7-32(19)20)11-28-24(34)25(2,3)35/h4-9,12,16-17,35H,10-11H2,1-3H3,(H,28,34)(H,29,33)/t16-,17-/m0/s1. The number of amides is 2. The van der Waals surface area contributed by atoms with Gasteiger partial charge in [0.25, 0.3) is 11.8 Å². The fourth-order valence-electron chi connectivity index (χ4n) is 3.70. The average molecular weight is 493 g/mol. The highest BCUT2D eigenvalue weighted by molar-refractivity contribution is 6.04. The Morgan fingerprint density at radius 2 is 2.06 bits per heavy atom. The molecule has 3 heterocycles. The smallest absolute Gasteiger partial charge is 0.274 e. The summed E-state index contributed by atoms with van der Waals surface area (Å²) in [5.74, 6) is -0.561. The van der Waals surface area contributed by atoms with Gasteiger partial charge in [-0.1, -0.05) is 17.3 Å². The number of halogens is 1. The molecule has 2 atom stereocenters. The van der Waals surface area contributed by atoms with Crippen molar-refractivity contribution in [2.45, 2.75) is 51.4 Å². The van der Waals surface area contributed by atoms with E-state index in [1.54, 1.807) is 28.8 Å². The number of carbonyl (C=O) groups excluding carboxylic acids is 2. The summed E-state index contributed by atoms with van der Waals surface area (Å²) >= 11 is 0. The molecule has 0 bridgehead atoms. The Hall–Kier alpha value is -4.12. The second-order valence-electron chi connectivity index (χ2n) is 9.45. The molecule has 1 fully saturated rings. The van der Waals surface area contributed by atoms with Crippen LogP contribution in [0.2, 0.25) is 0 Å². The van der Waals surface area contributed by atoms with Crippen molar-refractivity contribution in [1.29, 1.82) is 0 Å². The van der Waals surface area contributed by atoms with Crippen LogP contribution in [0.4, 0.5) is 10.1 Å². The number of hydrogen-bond donors (Lipinski definition) is 3. The highest BCUT2D eigenvalue weighted by Crippen LogP contribution is 2.43. The molecule has 1 aliphatic carbocycles. The Labute approximate surface area is 205 Å². The molecular formula is C25H25FN6O4. The summed E-state index contributed by atoms with van der Waals surface area (Å²) in [7, 11) is 0. The largest absolute Gasteiger partial charge is 0.381 e. The van der Waals surface area contributed by atoms with Crippen LogP contribution in [0.5, 0.6) is 0 Å². The van der Waals surface area contributed by atoms with E-state index in [4.69, 9.17) is 4.52 Å². The lowest BCUT2D eigenvalue weighted by molar-refractivity contribution is -0.136. The molecule has 1 aliphatic rings. The minimum Gasteiger partial charge on any atom is -0.381 e. The lowest BCUT2D eigenvalue weighted by atomic mass is 10.1. The summed E-state index contributed by atoms with van der Waals surface area (Å²) in [6, 6.07) is 8.90. The average Bonchev–Trinajstić information content (AvgIpc) is 3.22. The second kappa shape index (κ2) is 8.83. The van der Waals surface area contributed by atoms with Crippen molar-refractivity contribution in [1.82, 2.24) is 24.8 Å². The zero-order chi connectivity index (χ0) is 25.6. The summed E-state index contributed by atoms with van der Waals surface area (Å²) in [4.78, 5) is 33.6. The van der Waals surface area contributed by atoms with Gasteiger partial charge in [0.1, 0.15) is 23.1 Å². The number of fused-ring (bicyclic) bond motifs is 1. The molecule has 0 saturated heterocycles. The summed E-state index contributed by atoms with van der Waals surface area (Å²) in [5.41, 5.74) is 2.19. The van der Waals surface area contributed by atoms with Gasteiger partial charge in [-0.05, 0) is 56.5 Å². The molecule has 36 heavy (non-hydrogen) atoms. The minimum atomic E-state index is -1.47. The van der Waals surface area contributed by atoms with E-state index in [9.17, 15) is 19.1 Å². The van der Waals surface area contributed by atoms with Crippen molar-refractivity contribution in [2.75, 3.05) is 5.32 Å². The number of pyridine rings is 1. The zero-order valence-corrected chi connectivity index (χ0v) is 19.9. The van der Waals surface area contributed by atoms with E-state index in [-0.39, 0.29) is 24.3 Å². The third-order valence-electron chi connectivity index (χ3n) is 6.03. The number of hydrogen-bond acceptors (Lipinski definition) is 7. The van der Waals surface area contributed by atoms with Crippen LogP contribution in [0.3, 0.4) is 0 Å². The molecule has 186 valence electrons. The first kappa shape index (κ1) is 23.6. The number of benzene rings is 1. The molecule has 3 N–H and O–H groups in total.